The van der Waals surface area contributed by atoms with Gasteiger partial charge in [-0.2, -0.15) is 21.7 Å². The molecule has 1 unspecified atom stereocenters. The molecule has 0 saturated heterocycles. The molecule has 19 heavy (non-hydrogen) atoms. The van der Waals surface area contributed by atoms with Crippen molar-refractivity contribution in [1.29, 1.82) is 5.26 Å². The first-order valence-corrected chi connectivity index (χ1v) is 7.07. The van der Waals surface area contributed by atoms with Gasteiger partial charge in [0.05, 0.1) is 5.69 Å². The van der Waals surface area contributed by atoms with Crippen molar-refractivity contribution in [3.8, 4) is 6.07 Å². The van der Waals surface area contributed by atoms with Crippen LogP contribution in [0.4, 0.5) is 5.82 Å². The summed E-state index contributed by atoms with van der Waals surface area (Å²) in [6, 6.07) is 4.52. The van der Waals surface area contributed by atoms with Crippen LogP contribution in [0.25, 0.3) is 0 Å². The zero-order valence-corrected chi connectivity index (χ0v) is 12.1. The third kappa shape index (κ3) is 3.09. The lowest BCUT2D eigenvalue weighted by Gasteiger charge is -2.15. The van der Waals surface area contributed by atoms with Crippen LogP contribution in [0.15, 0.2) is 16.8 Å². The smallest absolute Gasteiger partial charge is 0.167 e. The van der Waals surface area contributed by atoms with Crippen molar-refractivity contribution in [2.24, 2.45) is 0 Å². The Balaban J connectivity index is 2.15. The van der Waals surface area contributed by atoms with Crippen LogP contribution < -0.4 is 5.32 Å². The molecule has 5 heteroatoms. The van der Waals surface area contributed by atoms with E-state index in [0.29, 0.717) is 11.4 Å². The van der Waals surface area contributed by atoms with Gasteiger partial charge in [-0.25, -0.2) is 0 Å². The van der Waals surface area contributed by atoms with Crippen molar-refractivity contribution in [1.82, 2.24) is 10.2 Å². The molecule has 0 saturated carbocycles. The van der Waals surface area contributed by atoms with Crippen LogP contribution in [0.3, 0.4) is 0 Å². The summed E-state index contributed by atoms with van der Waals surface area (Å²) < 4.78 is 0. The highest BCUT2D eigenvalue weighted by molar-refractivity contribution is 7.07. The minimum Gasteiger partial charge on any atom is -0.365 e. The van der Waals surface area contributed by atoms with Crippen LogP contribution in [0.5, 0.6) is 0 Å². The zero-order valence-electron chi connectivity index (χ0n) is 11.3. The van der Waals surface area contributed by atoms with E-state index in [1.807, 2.05) is 13.8 Å². The monoisotopic (exact) mass is 272 g/mol. The summed E-state index contributed by atoms with van der Waals surface area (Å²) in [5.74, 6) is 0.577. The summed E-state index contributed by atoms with van der Waals surface area (Å²) >= 11 is 1.69. The molecule has 4 nitrogen and oxygen atoms in total. The predicted molar refractivity (Wildman–Crippen MR) is 77.3 cm³/mol. The van der Waals surface area contributed by atoms with Gasteiger partial charge in [-0.05, 0) is 55.1 Å². The average Bonchev–Trinajstić information content (AvgIpc) is 2.87. The number of hydrogen-bond acceptors (Lipinski definition) is 5. The molecule has 0 bridgehead atoms. The molecular formula is C14H16N4S. The van der Waals surface area contributed by atoms with Crippen molar-refractivity contribution in [2.45, 2.75) is 33.2 Å². The number of rotatable bonds is 4. The van der Waals surface area contributed by atoms with Crippen LogP contribution >= 0.6 is 11.3 Å². The molecule has 1 N–H and O–H groups in total. The van der Waals surface area contributed by atoms with E-state index >= 15 is 0 Å². The van der Waals surface area contributed by atoms with Gasteiger partial charge in [0.25, 0.3) is 0 Å². The molecule has 0 radical (unpaired) electrons. The molecule has 0 aliphatic rings. The number of anilines is 1. The number of aryl methyl sites for hydroxylation is 1. The highest BCUT2D eigenvalue weighted by atomic mass is 32.1. The van der Waals surface area contributed by atoms with Crippen LogP contribution in [0, 0.1) is 25.2 Å². The molecule has 0 aliphatic carbocycles. The van der Waals surface area contributed by atoms with Crippen molar-refractivity contribution < 1.29 is 0 Å². The van der Waals surface area contributed by atoms with E-state index in [1.165, 1.54) is 5.56 Å². The van der Waals surface area contributed by atoms with Gasteiger partial charge in [-0.1, -0.05) is 0 Å². The van der Waals surface area contributed by atoms with Gasteiger partial charge in [0.15, 0.2) is 5.82 Å². The molecule has 2 aromatic rings. The van der Waals surface area contributed by atoms with Crippen molar-refractivity contribution in [2.75, 3.05) is 5.32 Å². The zero-order chi connectivity index (χ0) is 13.8. The SMILES string of the molecule is Cc1nnc(NC(C)Cc2ccsc2)c(C#N)c1C. The first-order valence-electron chi connectivity index (χ1n) is 6.13. The molecule has 0 aliphatic heterocycles. The van der Waals surface area contributed by atoms with E-state index in [1.54, 1.807) is 11.3 Å². The van der Waals surface area contributed by atoms with E-state index < -0.39 is 0 Å². The molecule has 0 spiro atoms. The summed E-state index contributed by atoms with van der Waals surface area (Å²) in [5.41, 5.74) is 3.57. The largest absolute Gasteiger partial charge is 0.365 e. The maximum absolute atomic E-state index is 9.24. The van der Waals surface area contributed by atoms with Gasteiger partial charge in [0, 0.05) is 6.04 Å². The Labute approximate surface area is 117 Å². The number of nitrogens with zero attached hydrogens (tertiary/aromatic N) is 3. The Kier molecular flexibility index (Phi) is 4.13. The Morgan fingerprint density at radius 2 is 2.21 bits per heavy atom. The van der Waals surface area contributed by atoms with Crippen LogP contribution in [0.1, 0.15) is 29.3 Å². The van der Waals surface area contributed by atoms with E-state index in [4.69, 9.17) is 0 Å². The maximum Gasteiger partial charge on any atom is 0.167 e. The van der Waals surface area contributed by atoms with E-state index in [2.05, 4.69) is 45.3 Å². The predicted octanol–water partition coefficient (Wildman–Crippen LogP) is 3.07. The first kappa shape index (κ1) is 13.5. The summed E-state index contributed by atoms with van der Waals surface area (Å²) in [4.78, 5) is 0. The number of nitrogens with one attached hydrogen (secondary N) is 1. The lowest BCUT2D eigenvalue weighted by Crippen LogP contribution is -2.20. The molecule has 2 heterocycles. The minimum atomic E-state index is 0.207. The standard InChI is InChI=1S/C14H16N4S/c1-9(6-12-4-5-19-8-12)16-14-13(7-15)10(2)11(3)17-18-14/h4-5,8-9H,6H2,1-3H3,(H,16,18). The van der Waals surface area contributed by atoms with E-state index in [9.17, 15) is 5.26 Å². The second-order valence-corrected chi connectivity index (χ2v) is 5.41. The van der Waals surface area contributed by atoms with E-state index in [0.717, 1.165) is 17.7 Å². The topological polar surface area (TPSA) is 61.6 Å². The Morgan fingerprint density at radius 3 is 2.84 bits per heavy atom. The fourth-order valence-corrected chi connectivity index (χ4v) is 2.57. The summed E-state index contributed by atoms with van der Waals surface area (Å²) in [6.45, 7) is 5.84. The van der Waals surface area contributed by atoms with Crippen LogP contribution in [0.2, 0.25) is 0 Å². The Morgan fingerprint density at radius 1 is 1.42 bits per heavy atom. The van der Waals surface area contributed by atoms with Gasteiger partial charge in [0.2, 0.25) is 0 Å². The third-order valence-electron chi connectivity index (χ3n) is 3.07. The molecular weight excluding hydrogens is 256 g/mol. The fourth-order valence-electron chi connectivity index (χ4n) is 1.89. The third-order valence-corrected chi connectivity index (χ3v) is 3.80. The second kappa shape index (κ2) is 5.81. The number of hydrogen-bond donors (Lipinski definition) is 1. The number of thiophene rings is 1. The van der Waals surface area contributed by atoms with Crippen molar-refractivity contribution in [3.05, 3.63) is 39.2 Å². The molecule has 2 aromatic heterocycles. The van der Waals surface area contributed by atoms with Crippen LogP contribution in [-0.4, -0.2) is 16.2 Å². The lowest BCUT2D eigenvalue weighted by atomic mass is 10.1. The molecule has 2 rings (SSSR count). The normalized spacial score (nSPS) is 11.9. The highest BCUT2D eigenvalue weighted by Crippen LogP contribution is 2.19. The Bertz CT molecular complexity index is 599. The first-order chi connectivity index (χ1) is 9.11. The molecule has 0 amide bonds. The van der Waals surface area contributed by atoms with Gasteiger partial charge < -0.3 is 5.32 Å². The lowest BCUT2D eigenvalue weighted by molar-refractivity contribution is 0.777. The summed E-state index contributed by atoms with van der Waals surface area (Å²) in [7, 11) is 0. The summed E-state index contributed by atoms with van der Waals surface area (Å²) in [5, 5.41) is 24.9. The number of aromatic nitrogens is 2. The quantitative estimate of drug-likeness (QED) is 0.929. The Hall–Kier alpha value is -1.93. The van der Waals surface area contributed by atoms with Gasteiger partial charge in [-0.15, -0.1) is 5.10 Å². The number of nitriles is 1. The van der Waals surface area contributed by atoms with Gasteiger partial charge in [-0.3, -0.25) is 0 Å². The highest BCUT2D eigenvalue weighted by Gasteiger charge is 2.13. The van der Waals surface area contributed by atoms with Crippen LogP contribution in [-0.2, 0) is 6.42 Å². The van der Waals surface area contributed by atoms with Gasteiger partial charge >= 0.3 is 0 Å². The second-order valence-electron chi connectivity index (χ2n) is 4.63. The van der Waals surface area contributed by atoms with Crippen molar-refractivity contribution >= 4 is 17.2 Å². The van der Waals surface area contributed by atoms with Gasteiger partial charge in [0.1, 0.15) is 11.6 Å². The van der Waals surface area contributed by atoms with E-state index in [-0.39, 0.29) is 6.04 Å². The molecule has 0 aromatic carbocycles. The molecule has 98 valence electrons. The maximum atomic E-state index is 9.24. The van der Waals surface area contributed by atoms with Crippen molar-refractivity contribution in [3.63, 3.8) is 0 Å². The average molecular weight is 272 g/mol. The molecule has 1 atom stereocenters. The minimum absolute atomic E-state index is 0.207. The molecule has 0 fully saturated rings. The summed E-state index contributed by atoms with van der Waals surface area (Å²) in [6.07, 6.45) is 0.906. The fraction of sp³-hybridized carbons (Fsp3) is 0.357.